The van der Waals surface area contributed by atoms with Gasteiger partial charge in [-0.2, -0.15) is 0 Å². The molecular formula is C8H18NS2Sb. The molecule has 0 aromatic heterocycles. The normalized spacial score (nSPS) is 8.50. The van der Waals surface area contributed by atoms with Gasteiger partial charge in [-0.1, -0.05) is 4.32 Å². The fourth-order valence-electron chi connectivity index (χ4n) is 0.697. The molecule has 2 radical (unpaired) electrons. The third kappa shape index (κ3) is 30.7. The van der Waals surface area contributed by atoms with Crippen molar-refractivity contribution in [3.8, 4) is 0 Å². The molecule has 0 spiro atoms. The predicted octanol–water partition coefficient (Wildman–Crippen LogP) is 2.51. The molecule has 0 heterocycles. The molecule has 0 unspecified atom stereocenters. The summed E-state index contributed by atoms with van der Waals surface area (Å²) in [5, 5.41) is 0. The van der Waals surface area contributed by atoms with Gasteiger partial charge in [-0.15, -0.1) is 0 Å². The van der Waals surface area contributed by atoms with E-state index in [1.165, 1.54) is 25.7 Å². The Morgan fingerprint density at radius 1 is 1.42 bits per heavy atom. The fourth-order valence-corrected chi connectivity index (χ4v) is 2.24. The summed E-state index contributed by atoms with van der Waals surface area (Å²) in [4.78, 5) is 2.41. The molecule has 1 nitrogen and oxygen atoms in total. The van der Waals surface area contributed by atoms with Crippen molar-refractivity contribution in [2.24, 2.45) is 5.73 Å². The van der Waals surface area contributed by atoms with Crippen LogP contribution in [-0.2, 0) is 12.6 Å². The first-order valence-corrected chi connectivity index (χ1v) is 9.34. The Morgan fingerprint density at radius 3 is 2.25 bits per heavy atom. The van der Waals surface area contributed by atoms with Gasteiger partial charge in [0.25, 0.3) is 0 Å². The van der Waals surface area contributed by atoms with E-state index in [4.69, 9.17) is 0 Å². The summed E-state index contributed by atoms with van der Waals surface area (Å²) in [5.74, 6) is 0. The number of hydrogen-bond acceptors (Lipinski definition) is 2. The summed E-state index contributed by atoms with van der Waals surface area (Å²) in [5.41, 5.74) is 4.66. The van der Waals surface area contributed by atoms with Gasteiger partial charge < -0.3 is 30.6 Å². The van der Waals surface area contributed by atoms with Crippen LogP contribution in [0.25, 0.3) is 0 Å². The molecule has 4 heteroatoms. The Labute approximate surface area is 97.8 Å². The molecular weight excluding hydrogens is 296 g/mol. The summed E-state index contributed by atoms with van der Waals surface area (Å²) in [6.45, 7) is 2.27. The first-order valence-electron chi connectivity index (χ1n) is 4.17. The summed E-state index contributed by atoms with van der Waals surface area (Å²) in [6.07, 6.45) is 5.84. The summed E-state index contributed by atoms with van der Waals surface area (Å²) >= 11 is 8.57. The molecule has 0 atom stereocenters. The van der Waals surface area contributed by atoms with Crippen molar-refractivity contribution < 1.29 is 0 Å². The SMILES string of the molecule is CCCCC[CH2][Sb+][CH3].NC(=S)[S-]. The summed E-state index contributed by atoms with van der Waals surface area (Å²) < 4.78 is 1.66. The van der Waals surface area contributed by atoms with Crippen molar-refractivity contribution in [3.05, 3.63) is 0 Å². The van der Waals surface area contributed by atoms with Crippen LogP contribution in [0.5, 0.6) is 0 Å². The van der Waals surface area contributed by atoms with Gasteiger partial charge in [0.05, 0.1) is 0 Å². The number of hydrogen-bond donors (Lipinski definition) is 1. The standard InChI is InChI=1S/C6H13.CH3NS2.CH3.Sb/c1-3-5-6-4-2;2-1(3)4;;/h1,3-6H2,2H3;(H3,2,3,4);1H3;/q;;;+1/p-1. The zero-order valence-corrected chi connectivity index (χ0v) is 12.1. The average Bonchev–Trinajstić information content (AvgIpc) is 1.97. The van der Waals surface area contributed by atoms with Crippen LogP contribution in [0.4, 0.5) is 0 Å². The van der Waals surface area contributed by atoms with Gasteiger partial charge in [0.2, 0.25) is 0 Å². The number of unbranched alkanes of at least 4 members (excludes halogenated alkanes) is 3. The van der Waals surface area contributed by atoms with Gasteiger partial charge in [-0.25, -0.2) is 0 Å². The van der Waals surface area contributed by atoms with Gasteiger partial charge in [-0.3, -0.25) is 0 Å². The van der Waals surface area contributed by atoms with Gasteiger partial charge in [-0.05, 0) is 0 Å². The molecule has 0 aromatic carbocycles. The molecule has 0 fully saturated rings. The van der Waals surface area contributed by atoms with Crippen LogP contribution >= 0.6 is 12.2 Å². The van der Waals surface area contributed by atoms with Crippen molar-refractivity contribution in [2.75, 3.05) is 0 Å². The van der Waals surface area contributed by atoms with E-state index in [2.05, 4.69) is 42.4 Å². The first kappa shape index (κ1) is 15.4. The molecule has 0 aliphatic carbocycles. The quantitative estimate of drug-likeness (QED) is 0.365. The molecule has 0 saturated heterocycles. The van der Waals surface area contributed by atoms with Crippen molar-refractivity contribution in [1.82, 2.24) is 0 Å². The van der Waals surface area contributed by atoms with Crippen molar-refractivity contribution in [1.29, 1.82) is 0 Å². The Kier molecular flexibility index (Phi) is 18.5. The average molecular weight is 314 g/mol. The third-order valence-electron chi connectivity index (χ3n) is 1.24. The maximum absolute atomic E-state index is 4.66. The maximum atomic E-state index is 4.66. The largest absolute Gasteiger partial charge is 0.415 e. The van der Waals surface area contributed by atoms with Gasteiger partial charge in [0.1, 0.15) is 0 Å². The minimum Gasteiger partial charge on any atom is -0.415 e. The Hall–Kier alpha value is 0.928. The molecule has 0 aliphatic rings. The zero-order valence-electron chi connectivity index (χ0n) is 7.88. The maximum Gasteiger partial charge on any atom is -0.0708 e. The van der Waals surface area contributed by atoms with Crippen molar-refractivity contribution >= 4 is 50.8 Å². The van der Waals surface area contributed by atoms with E-state index >= 15 is 0 Å². The Morgan fingerprint density at radius 2 is 1.92 bits per heavy atom. The van der Waals surface area contributed by atoms with Crippen LogP contribution in [0.3, 0.4) is 0 Å². The van der Waals surface area contributed by atoms with Crippen LogP contribution in [0.15, 0.2) is 0 Å². The van der Waals surface area contributed by atoms with E-state index in [1.54, 1.807) is 4.37 Å². The zero-order chi connectivity index (χ0) is 9.82. The second kappa shape index (κ2) is 14.5. The molecule has 2 N–H and O–H groups in total. The second-order valence-electron chi connectivity index (χ2n) is 2.42. The molecule has 0 saturated carbocycles. The Balaban J connectivity index is 0. The van der Waals surface area contributed by atoms with Crippen LogP contribution in [0, 0.1) is 0 Å². The molecule has 0 bridgehead atoms. The molecule has 0 aliphatic heterocycles. The van der Waals surface area contributed by atoms with Crippen molar-refractivity contribution in [2.45, 2.75) is 41.8 Å². The molecule has 72 valence electrons. The summed E-state index contributed by atoms with van der Waals surface area (Å²) in [6, 6.07) is 0. The topological polar surface area (TPSA) is 26.0 Å². The van der Waals surface area contributed by atoms with E-state index in [9.17, 15) is 0 Å². The van der Waals surface area contributed by atoms with Gasteiger partial charge in [0.15, 0.2) is 0 Å². The summed E-state index contributed by atoms with van der Waals surface area (Å²) in [7, 11) is 0. The fraction of sp³-hybridized carbons (Fsp3) is 0.875. The van der Waals surface area contributed by atoms with Crippen LogP contribution < -0.4 is 5.73 Å². The van der Waals surface area contributed by atoms with E-state index in [-0.39, 0.29) is 4.32 Å². The van der Waals surface area contributed by atoms with Crippen LogP contribution in [0.1, 0.15) is 32.6 Å². The van der Waals surface area contributed by atoms with Crippen LogP contribution in [-0.4, -0.2) is 25.9 Å². The van der Waals surface area contributed by atoms with E-state index in [0.29, 0.717) is 21.6 Å². The first-order chi connectivity index (χ1) is 5.65. The predicted molar refractivity (Wildman–Crippen MR) is 64.7 cm³/mol. The van der Waals surface area contributed by atoms with Gasteiger partial charge >= 0.3 is 63.5 Å². The smallest absolute Gasteiger partial charge is 0.0708 e. The number of thiocarbonyl (C=S) groups is 1. The monoisotopic (exact) mass is 313 g/mol. The van der Waals surface area contributed by atoms with Crippen molar-refractivity contribution in [3.63, 3.8) is 0 Å². The number of nitrogens with two attached hydrogens (primary N) is 1. The third-order valence-corrected chi connectivity index (χ3v) is 3.41. The molecule has 12 heavy (non-hydrogen) atoms. The van der Waals surface area contributed by atoms with E-state index in [1.807, 2.05) is 0 Å². The van der Waals surface area contributed by atoms with E-state index < -0.39 is 0 Å². The molecule has 0 rings (SSSR count). The minimum atomic E-state index is 0.0833. The van der Waals surface area contributed by atoms with Gasteiger partial charge in [0, 0.05) is 0 Å². The molecule has 0 aromatic rings. The number of rotatable bonds is 5. The Bertz CT molecular complexity index is 89.1. The second-order valence-corrected chi connectivity index (χ2v) is 6.64. The molecule has 0 amide bonds. The minimum absolute atomic E-state index is 0.0833. The van der Waals surface area contributed by atoms with E-state index in [0.717, 1.165) is 0 Å². The van der Waals surface area contributed by atoms with Crippen LogP contribution in [0.2, 0.25) is 9.24 Å².